The zero-order chi connectivity index (χ0) is 10.7. The monoisotopic (exact) mass is 198 g/mol. The zero-order valence-electron chi connectivity index (χ0n) is 10.2. The first-order valence-corrected chi connectivity index (χ1v) is 6.07. The third-order valence-corrected chi connectivity index (χ3v) is 3.44. The molecule has 0 saturated heterocycles. The Hall–Kier alpha value is -0.0800. The summed E-state index contributed by atoms with van der Waals surface area (Å²) in [4.78, 5) is 2.58. The molecule has 2 atom stereocenters. The minimum absolute atomic E-state index is 0.330. The van der Waals surface area contributed by atoms with E-state index < -0.39 is 0 Å². The minimum atomic E-state index is 0.330. The van der Waals surface area contributed by atoms with Crippen molar-refractivity contribution in [3.63, 3.8) is 0 Å². The summed E-state index contributed by atoms with van der Waals surface area (Å²) in [6, 6.07) is 1.49. The first kappa shape index (κ1) is 12.0. The molecule has 2 N–H and O–H groups in total. The van der Waals surface area contributed by atoms with Crippen LogP contribution in [0.3, 0.4) is 0 Å². The number of nitrogens with two attached hydrogens (primary N) is 1. The molecule has 0 aromatic rings. The number of hydrogen-bond donors (Lipinski definition) is 1. The van der Waals surface area contributed by atoms with Gasteiger partial charge >= 0.3 is 0 Å². The lowest BCUT2D eigenvalue weighted by atomic mass is 10.0. The van der Waals surface area contributed by atoms with E-state index in [1.807, 2.05) is 0 Å². The van der Waals surface area contributed by atoms with Gasteiger partial charge in [-0.3, -0.25) is 4.90 Å². The Morgan fingerprint density at radius 3 is 2.21 bits per heavy atom. The van der Waals surface area contributed by atoms with Gasteiger partial charge in [0.2, 0.25) is 0 Å². The van der Waals surface area contributed by atoms with Crippen LogP contribution in [0.25, 0.3) is 0 Å². The summed E-state index contributed by atoms with van der Waals surface area (Å²) in [5, 5.41) is 0. The van der Waals surface area contributed by atoms with Crippen molar-refractivity contribution in [3.8, 4) is 0 Å². The van der Waals surface area contributed by atoms with Crippen LogP contribution < -0.4 is 5.73 Å². The zero-order valence-corrected chi connectivity index (χ0v) is 10.2. The topological polar surface area (TPSA) is 29.3 Å². The van der Waals surface area contributed by atoms with E-state index in [-0.39, 0.29) is 0 Å². The predicted octanol–water partition coefficient (Wildman–Crippen LogP) is 2.23. The number of rotatable bonds is 6. The lowest BCUT2D eigenvalue weighted by Gasteiger charge is -2.36. The van der Waals surface area contributed by atoms with Crippen LogP contribution in [0, 0.1) is 5.92 Å². The molecule has 2 heteroatoms. The molecule has 1 saturated carbocycles. The largest absolute Gasteiger partial charge is 0.326 e. The molecule has 0 amide bonds. The summed E-state index contributed by atoms with van der Waals surface area (Å²) in [6.07, 6.45) is 3.93. The van der Waals surface area contributed by atoms with Gasteiger partial charge in [0.25, 0.3) is 0 Å². The maximum absolute atomic E-state index is 6.11. The lowest BCUT2D eigenvalue weighted by Crippen LogP contribution is -2.49. The molecule has 1 rings (SSSR count). The molecule has 84 valence electrons. The van der Waals surface area contributed by atoms with Gasteiger partial charge in [0, 0.05) is 24.7 Å². The molecule has 1 aliphatic rings. The van der Waals surface area contributed by atoms with Gasteiger partial charge in [0.05, 0.1) is 0 Å². The Balaban J connectivity index is 2.46. The highest BCUT2D eigenvalue weighted by Crippen LogP contribution is 2.31. The fourth-order valence-corrected chi connectivity index (χ4v) is 2.03. The maximum Gasteiger partial charge on any atom is 0.0221 e. The van der Waals surface area contributed by atoms with Crippen LogP contribution in [0.15, 0.2) is 0 Å². The quantitative estimate of drug-likeness (QED) is 0.709. The molecule has 0 aliphatic heterocycles. The van der Waals surface area contributed by atoms with E-state index >= 15 is 0 Å². The predicted molar refractivity (Wildman–Crippen MR) is 62.3 cm³/mol. The molecule has 0 bridgehead atoms. The maximum atomic E-state index is 6.11. The van der Waals surface area contributed by atoms with Crippen LogP contribution in [0.5, 0.6) is 0 Å². The van der Waals surface area contributed by atoms with Crippen LogP contribution in [0.4, 0.5) is 0 Å². The highest BCUT2D eigenvalue weighted by Gasteiger charge is 2.29. The summed E-state index contributed by atoms with van der Waals surface area (Å²) >= 11 is 0. The number of nitrogens with zero attached hydrogens (tertiary/aromatic N) is 1. The van der Waals surface area contributed by atoms with Crippen molar-refractivity contribution >= 4 is 0 Å². The summed E-state index contributed by atoms with van der Waals surface area (Å²) < 4.78 is 0. The molecule has 1 aliphatic carbocycles. The second-order valence-electron chi connectivity index (χ2n) is 5.05. The summed E-state index contributed by atoms with van der Waals surface area (Å²) in [5.41, 5.74) is 6.11. The van der Waals surface area contributed by atoms with Gasteiger partial charge in [-0.25, -0.2) is 0 Å². The van der Waals surface area contributed by atoms with Crippen LogP contribution in [0.2, 0.25) is 0 Å². The van der Waals surface area contributed by atoms with Crippen molar-refractivity contribution in [2.45, 2.75) is 65.1 Å². The molecule has 0 heterocycles. The van der Waals surface area contributed by atoms with Crippen molar-refractivity contribution in [2.75, 3.05) is 6.54 Å². The fourth-order valence-electron chi connectivity index (χ4n) is 2.03. The second kappa shape index (κ2) is 5.13. The molecule has 2 nitrogen and oxygen atoms in total. The van der Waals surface area contributed by atoms with Crippen molar-refractivity contribution in [1.29, 1.82) is 0 Å². The van der Waals surface area contributed by atoms with Gasteiger partial charge in [0.15, 0.2) is 0 Å². The molecular formula is C12H26N2. The van der Waals surface area contributed by atoms with E-state index in [0.717, 1.165) is 12.3 Å². The highest BCUT2D eigenvalue weighted by atomic mass is 15.2. The molecule has 0 aromatic heterocycles. The minimum Gasteiger partial charge on any atom is -0.326 e. The van der Waals surface area contributed by atoms with Crippen molar-refractivity contribution < 1.29 is 0 Å². The third-order valence-electron chi connectivity index (χ3n) is 3.44. The molecule has 0 radical (unpaired) electrons. The molecule has 1 fully saturated rings. The average molecular weight is 198 g/mol. The van der Waals surface area contributed by atoms with E-state index in [9.17, 15) is 0 Å². The molecule has 0 spiro atoms. The van der Waals surface area contributed by atoms with Gasteiger partial charge in [-0.15, -0.1) is 0 Å². The SMILES string of the molecule is CCC(N)C(C)N(CC1CC1)C(C)C. The smallest absolute Gasteiger partial charge is 0.0221 e. The first-order chi connectivity index (χ1) is 6.56. The Kier molecular flexibility index (Phi) is 4.39. The van der Waals surface area contributed by atoms with Gasteiger partial charge in [-0.1, -0.05) is 6.92 Å². The van der Waals surface area contributed by atoms with E-state index in [4.69, 9.17) is 5.73 Å². The summed E-state index contributed by atoms with van der Waals surface area (Å²) in [6.45, 7) is 10.3. The van der Waals surface area contributed by atoms with Crippen LogP contribution in [-0.2, 0) is 0 Å². The average Bonchev–Trinajstić information content (AvgIpc) is 2.95. The van der Waals surface area contributed by atoms with E-state index in [1.165, 1.54) is 19.4 Å². The van der Waals surface area contributed by atoms with Gasteiger partial charge in [0.1, 0.15) is 0 Å². The van der Waals surface area contributed by atoms with Crippen LogP contribution in [0.1, 0.15) is 47.0 Å². The van der Waals surface area contributed by atoms with E-state index in [1.54, 1.807) is 0 Å². The van der Waals surface area contributed by atoms with Crippen LogP contribution >= 0.6 is 0 Å². The Labute approximate surface area is 88.8 Å². The Morgan fingerprint density at radius 2 is 1.86 bits per heavy atom. The third kappa shape index (κ3) is 3.25. The lowest BCUT2D eigenvalue weighted by molar-refractivity contribution is 0.135. The number of hydrogen-bond acceptors (Lipinski definition) is 2. The Bertz CT molecular complexity index is 164. The molecule has 2 unspecified atom stereocenters. The van der Waals surface area contributed by atoms with Gasteiger partial charge in [-0.05, 0) is 46.0 Å². The Morgan fingerprint density at radius 1 is 1.29 bits per heavy atom. The van der Waals surface area contributed by atoms with Crippen molar-refractivity contribution in [3.05, 3.63) is 0 Å². The summed E-state index contributed by atoms with van der Waals surface area (Å²) in [7, 11) is 0. The highest BCUT2D eigenvalue weighted by molar-refractivity contribution is 4.85. The fraction of sp³-hybridized carbons (Fsp3) is 1.00. The van der Waals surface area contributed by atoms with E-state index in [2.05, 4.69) is 32.6 Å². The van der Waals surface area contributed by atoms with Gasteiger partial charge in [-0.2, -0.15) is 0 Å². The van der Waals surface area contributed by atoms with Crippen molar-refractivity contribution in [1.82, 2.24) is 4.90 Å². The second-order valence-corrected chi connectivity index (χ2v) is 5.05. The van der Waals surface area contributed by atoms with Gasteiger partial charge < -0.3 is 5.73 Å². The van der Waals surface area contributed by atoms with E-state index in [0.29, 0.717) is 18.1 Å². The first-order valence-electron chi connectivity index (χ1n) is 6.07. The normalized spacial score (nSPS) is 21.6. The molecule has 0 aromatic carbocycles. The van der Waals surface area contributed by atoms with Crippen LogP contribution in [-0.4, -0.2) is 29.6 Å². The summed E-state index contributed by atoms with van der Waals surface area (Å²) in [5.74, 6) is 0.962. The molecule has 14 heavy (non-hydrogen) atoms. The van der Waals surface area contributed by atoms with Crippen molar-refractivity contribution in [2.24, 2.45) is 11.7 Å². The molecular weight excluding hydrogens is 172 g/mol. The standard InChI is InChI=1S/C12H26N2/c1-5-12(13)10(4)14(9(2)3)8-11-6-7-11/h9-12H,5-8,13H2,1-4H3.